The number of benzene rings is 1. The summed E-state index contributed by atoms with van der Waals surface area (Å²) in [7, 11) is 0. The number of carbonyl (C=O) groups is 2. The first-order chi connectivity index (χ1) is 14.9. The Morgan fingerprint density at radius 3 is 2.65 bits per heavy atom. The predicted molar refractivity (Wildman–Crippen MR) is 116 cm³/mol. The highest BCUT2D eigenvalue weighted by Gasteiger charge is 2.33. The van der Waals surface area contributed by atoms with Gasteiger partial charge in [-0.25, -0.2) is 14.2 Å². The van der Waals surface area contributed by atoms with Gasteiger partial charge < -0.3 is 19.9 Å². The maximum absolute atomic E-state index is 14.9. The van der Waals surface area contributed by atoms with Crippen molar-refractivity contribution in [3.8, 4) is 0 Å². The van der Waals surface area contributed by atoms with Crippen molar-refractivity contribution in [1.29, 1.82) is 0 Å². The van der Waals surface area contributed by atoms with Crippen LogP contribution in [0, 0.1) is 12.7 Å². The third kappa shape index (κ3) is 4.55. The van der Waals surface area contributed by atoms with Crippen molar-refractivity contribution in [2.75, 3.05) is 54.0 Å². The summed E-state index contributed by atoms with van der Waals surface area (Å²) in [5.41, 5.74) is 2.09. The number of aromatic nitrogens is 1. The lowest BCUT2D eigenvalue weighted by atomic mass is 10.2. The number of nitrogens with zero attached hydrogens (tertiary/aromatic N) is 4. The third-order valence-electron chi connectivity index (χ3n) is 5.60. The summed E-state index contributed by atoms with van der Waals surface area (Å²) in [5, 5.41) is 2.63. The fourth-order valence-electron chi connectivity index (χ4n) is 3.98. The average Bonchev–Trinajstić information content (AvgIpc) is 3.13. The van der Waals surface area contributed by atoms with Crippen molar-refractivity contribution in [1.82, 2.24) is 10.3 Å². The van der Waals surface area contributed by atoms with Crippen LogP contribution >= 0.6 is 0 Å². The van der Waals surface area contributed by atoms with Crippen molar-refractivity contribution < 1.29 is 18.7 Å². The number of piperazine rings is 1. The molecule has 1 unspecified atom stereocenters. The number of pyridine rings is 1. The summed E-state index contributed by atoms with van der Waals surface area (Å²) >= 11 is 0. The third-order valence-corrected chi connectivity index (χ3v) is 5.60. The molecule has 1 aromatic carbocycles. The number of hydrogen-bond donors (Lipinski definition) is 1. The van der Waals surface area contributed by atoms with Crippen LogP contribution in [0.5, 0.6) is 0 Å². The molecule has 9 heteroatoms. The molecule has 2 aliphatic rings. The van der Waals surface area contributed by atoms with Crippen molar-refractivity contribution in [3.63, 3.8) is 0 Å². The summed E-state index contributed by atoms with van der Waals surface area (Å²) in [6, 6.07) is 8.77. The van der Waals surface area contributed by atoms with Crippen LogP contribution in [0.1, 0.15) is 12.5 Å². The van der Waals surface area contributed by atoms with Gasteiger partial charge in [-0.15, -0.1) is 0 Å². The van der Waals surface area contributed by atoms with Gasteiger partial charge in [-0.1, -0.05) is 6.07 Å². The Kier molecular flexibility index (Phi) is 5.92. The van der Waals surface area contributed by atoms with E-state index in [1.165, 1.54) is 17.9 Å². The Hall–Kier alpha value is -3.36. The largest absolute Gasteiger partial charge is 0.442 e. The quantitative estimate of drug-likeness (QED) is 0.789. The fourth-order valence-corrected chi connectivity index (χ4v) is 3.98. The molecule has 2 fully saturated rings. The molecule has 3 heterocycles. The summed E-state index contributed by atoms with van der Waals surface area (Å²) in [6.45, 7) is 6.80. The lowest BCUT2D eigenvalue weighted by Gasteiger charge is -2.37. The van der Waals surface area contributed by atoms with Crippen LogP contribution in [-0.2, 0) is 9.53 Å². The minimum Gasteiger partial charge on any atom is -0.442 e. The van der Waals surface area contributed by atoms with Crippen LogP contribution in [0.4, 0.5) is 26.4 Å². The van der Waals surface area contributed by atoms with E-state index in [-0.39, 0.29) is 24.8 Å². The number of halogens is 1. The van der Waals surface area contributed by atoms with E-state index in [4.69, 9.17) is 4.74 Å². The van der Waals surface area contributed by atoms with Gasteiger partial charge in [0.15, 0.2) is 0 Å². The zero-order valence-electron chi connectivity index (χ0n) is 17.7. The van der Waals surface area contributed by atoms with E-state index in [1.807, 2.05) is 24.0 Å². The van der Waals surface area contributed by atoms with Crippen LogP contribution in [0.3, 0.4) is 0 Å². The van der Waals surface area contributed by atoms with E-state index in [0.29, 0.717) is 24.5 Å². The Labute approximate surface area is 180 Å². The smallest absolute Gasteiger partial charge is 0.414 e. The highest BCUT2D eigenvalue weighted by atomic mass is 19.1. The lowest BCUT2D eigenvalue weighted by Crippen LogP contribution is -2.47. The Balaban J connectivity index is 1.40. The van der Waals surface area contributed by atoms with Crippen molar-refractivity contribution in [3.05, 3.63) is 47.9 Å². The van der Waals surface area contributed by atoms with E-state index in [9.17, 15) is 14.0 Å². The molecular formula is C22H26FN5O3. The average molecular weight is 427 g/mol. The van der Waals surface area contributed by atoms with Crippen molar-refractivity contribution in [2.24, 2.45) is 0 Å². The van der Waals surface area contributed by atoms with Gasteiger partial charge in [0.2, 0.25) is 5.91 Å². The number of amides is 2. The number of nitrogens with one attached hydrogen (secondary N) is 1. The van der Waals surface area contributed by atoms with Gasteiger partial charge in [0, 0.05) is 39.3 Å². The van der Waals surface area contributed by atoms with Gasteiger partial charge in [0.05, 0.1) is 24.5 Å². The molecule has 0 radical (unpaired) electrons. The second-order valence-electron chi connectivity index (χ2n) is 7.81. The molecule has 0 saturated carbocycles. The minimum atomic E-state index is -0.540. The fraction of sp³-hybridized carbons (Fsp3) is 0.409. The van der Waals surface area contributed by atoms with E-state index in [1.54, 1.807) is 18.3 Å². The topological polar surface area (TPSA) is 78.0 Å². The van der Waals surface area contributed by atoms with E-state index >= 15 is 0 Å². The first-order valence-electron chi connectivity index (χ1n) is 10.4. The van der Waals surface area contributed by atoms with Crippen molar-refractivity contribution >= 4 is 29.2 Å². The first kappa shape index (κ1) is 20.9. The van der Waals surface area contributed by atoms with Gasteiger partial charge in [0.25, 0.3) is 0 Å². The lowest BCUT2D eigenvalue weighted by molar-refractivity contribution is -0.119. The van der Waals surface area contributed by atoms with Crippen LogP contribution < -0.4 is 20.0 Å². The van der Waals surface area contributed by atoms with E-state index in [2.05, 4.69) is 15.2 Å². The molecule has 2 amide bonds. The van der Waals surface area contributed by atoms with Crippen LogP contribution in [-0.4, -0.2) is 62.4 Å². The second kappa shape index (κ2) is 8.79. The molecule has 0 aliphatic carbocycles. The maximum Gasteiger partial charge on any atom is 0.414 e. The molecule has 1 aromatic heterocycles. The molecule has 4 rings (SSSR count). The maximum atomic E-state index is 14.9. The molecular weight excluding hydrogens is 401 g/mol. The Morgan fingerprint density at radius 2 is 1.97 bits per heavy atom. The minimum absolute atomic E-state index is 0.191. The number of cyclic esters (lactones) is 1. The highest BCUT2D eigenvalue weighted by Crippen LogP contribution is 2.29. The predicted octanol–water partition coefficient (Wildman–Crippen LogP) is 2.32. The molecule has 164 valence electrons. The molecule has 8 nitrogen and oxygen atoms in total. The Morgan fingerprint density at radius 1 is 1.23 bits per heavy atom. The van der Waals surface area contributed by atoms with Crippen LogP contribution in [0.25, 0.3) is 0 Å². The van der Waals surface area contributed by atoms with Gasteiger partial charge in [-0.2, -0.15) is 0 Å². The van der Waals surface area contributed by atoms with Gasteiger partial charge in [0.1, 0.15) is 17.7 Å². The van der Waals surface area contributed by atoms with Crippen molar-refractivity contribution in [2.45, 2.75) is 20.0 Å². The van der Waals surface area contributed by atoms with Gasteiger partial charge in [-0.05, 0) is 36.8 Å². The molecule has 1 N–H and O–H groups in total. The number of carbonyl (C=O) groups excluding carboxylic acids is 2. The number of anilines is 3. The Bertz CT molecular complexity index is 977. The van der Waals surface area contributed by atoms with E-state index in [0.717, 1.165) is 24.5 Å². The van der Waals surface area contributed by atoms with Gasteiger partial charge in [-0.3, -0.25) is 9.69 Å². The molecule has 0 spiro atoms. The van der Waals surface area contributed by atoms with E-state index < -0.39 is 12.2 Å². The zero-order chi connectivity index (χ0) is 22.0. The summed E-state index contributed by atoms with van der Waals surface area (Å²) in [6.07, 6.45) is 0.793. The standard InChI is InChI=1S/C22H26FN5O3/c1-15-4-3-7-24-21(15)27-10-8-26(9-11-27)20-6-5-17(12-19(20)23)28-14-18(31-22(28)30)13-25-16(2)29/h3-7,12,18H,8-11,13-14H2,1-2H3,(H,25,29). The van der Waals surface area contributed by atoms with Crippen LogP contribution in [0.15, 0.2) is 36.5 Å². The van der Waals surface area contributed by atoms with Crippen LogP contribution in [0.2, 0.25) is 0 Å². The SMILES string of the molecule is CC(=O)NCC1CN(c2ccc(N3CCN(c4ncccc4C)CC3)c(F)c2)C(=O)O1. The monoisotopic (exact) mass is 427 g/mol. The number of hydrogen-bond acceptors (Lipinski definition) is 6. The molecule has 0 bridgehead atoms. The molecule has 1 atom stereocenters. The first-order valence-corrected chi connectivity index (χ1v) is 10.4. The summed E-state index contributed by atoms with van der Waals surface area (Å²) < 4.78 is 20.2. The highest BCUT2D eigenvalue weighted by molar-refractivity contribution is 5.90. The van der Waals surface area contributed by atoms with Gasteiger partial charge >= 0.3 is 6.09 Å². The number of rotatable bonds is 5. The molecule has 2 saturated heterocycles. The molecule has 2 aliphatic heterocycles. The number of ether oxygens (including phenoxy) is 1. The normalized spacial score (nSPS) is 18.9. The summed E-state index contributed by atoms with van der Waals surface area (Å²) in [4.78, 5) is 33.3. The zero-order valence-corrected chi connectivity index (χ0v) is 17.7. The molecule has 2 aromatic rings. The second-order valence-corrected chi connectivity index (χ2v) is 7.81. The summed E-state index contributed by atoms with van der Waals surface area (Å²) in [5.74, 6) is 0.403. The molecule has 31 heavy (non-hydrogen) atoms. The number of aryl methyl sites for hydroxylation is 1.